The van der Waals surface area contributed by atoms with Crippen molar-refractivity contribution < 1.29 is 14.6 Å². The lowest BCUT2D eigenvalue weighted by Gasteiger charge is -2.50. The summed E-state index contributed by atoms with van der Waals surface area (Å²) in [6.07, 6.45) is 1.20. The molecular formula is C14H17ClN2O3. The summed E-state index contributed by atoms with van der Waals surface area (Å²) < 4.78 is 6.05. The fraction of sp³-hybridized carbons (Fsp3) is 0.500. The number of benzene rings is 1. The van der Waals surface area contributed by atoms with Crippen LogP contribution in [0.25, 0.3) is 0 Å². The van der Waals surface area contributed by atoms with Crippen molar-refractivity contribution in [1.29, 1.82) is 0 Å². The zero-order chi connectivity index (χ0) is 14.3. The van der Waals surface area contributed by atoms with E-state index in [0.29, 0.717) is 24.4 Å². The quantitative estimate of drug-likeness (QED) is 0.899. The van der Waals surface area contributed by atoms with Crippen molar-refractivity contribution in [3.05, 3.63) is 28.8 Å². The van der Waals surface area contributed by atoms with E-state index in [-0.39, 0.29) is 18.7 Å². The smallest absolute Gasteiger partial charge is 0.320 e. The topological polar surface area (TPSA) is 61.8 Å². The van der Waals surface area contributed by atoms with E-state index in [2.05, 4.69) is 5.32 Å². The van der Waals surface area contributed by atoms with Gasteiger partial charge in [0.2, 0.25) is 0 Å². The van der Waals surface area contributed by atoms with Crippen LogP contribution in [0.4, 0.5) is 4.79 Å². The first-order chi connectivity index (χ1) is 9.53. The number of aliphatic hydroxyl groups excluding tert-OH is 1. The molecule has 0 radical (unpaired) electrons. The molecule has 2 unspecified atom stereocenters. The number of rotatable bonds is 3. The first-order valence-electron chi connectivity index (χ1n) is 6.71. The van der Waals surface area contributed by atoms with E-state index in [4.69, 9.17) is 21.4 Å². The summed E-state index contributed by atoms with van der Waals surface area (Å²) in [6.45, 7) is 2.43. The van der Waals surface area contributed by atoms with Gasteiger partial charge in [-0.15, -0.1) is 0 Å². The van der Waals surface area contributed by atoms with Gasteiger partial charge in [0, 0.05) is 30.2 Å². The Kier molecular flexibility index (Phi) is 3.26. The van der Waals surface area contributed by atoms with Crippen molar-refractivity contribution in [2.75, 3.05) is 13.2 Å². The minimum Gasteiger partial charge on any atom is -0.468 e. The first kappa shape index (κ1) is 13.5. The minimum atomic E-state index is -0.678. The Bertz CT molecular complexity index is 551. The van der Waals surface area contributed by atoms with Crippen LogP contribution in [-0.4, -0.2) is 34.9 Å². The second-order valence-electron chi connectivity index (χ2n) is 5.39. The van der Waals surface area contributed by atoms with Crippen LogP contribution >= 0.6 is 11.6 Å². The molecule has 2 N–H and O–H groups in total. The van der Waals surface area contributed by atoms with Gasteiger partial charge in [0.25, 0.3) is 0 Å². The third-order valence-corrected chi connectivity index (χ3v) is 4.15. The zero-order valence-corrected chi connectivity index (χ0v) is 12.0. The number of ether oxygens (including phenoxy) is 1. The summed E-state index contributed by atoms with van der Waals surface area (Å²) in [5.74, 6) is 0.752. The van der Waals surface area contributed by atoms with Gasteiger partial charge < -0.3 is 15.2 Å². The average molecular weight is 297 g/mol. The minimum absolute atomic E-state index is 0.0511. The van der Waals surface area contributed by atoms with Gasteiger partial charge in [-0.2, -0.15) is 0 Å². The third kappa shape index (κ3) is 2.11. The largest absolute Gasteiger partial charge is 0.468 e. The van der Waals surface area contributed by atoms with Gasteiger partial charge in [-0.05, 0) is 31.5 Å². The Morgan fingerprint density at radius 3 is 3.15 bits per heavy atom. The number of hydrogen-bond acceptors (Lipinski definition) is 3. The van der Waals surface area contributed by atoms with Crippen molar-refractivity contribution in [3.8, 4) is 5.75 Å². The highest BCUT2D eigenvalue weighted by molar-refractivity contribution is 6.30. The Hall–Kier alpha value is -1.46. The molecule has 1 aromatic rings. The molecule has 20 heavy (non-hydrogen) atoms. The van der Waals surface area contributed by atoms with E-state index in [1.165, 1.54) is 0 Å². The lowest BCUT2D eigenvalue weighted by Crippen LogP contribution is -2.64. The van der Waals surface area contributed by atoms with Crippen molar-refractivity contribution in [1.82, 2.24) is 10.2 Å². The van der Waals surface area contributed by atoms with Gasteiger partial charge in [0.15, 0.2) is 5.72 Å². The van der Waals surface area contributed by atoms with E-state index in [9.17, 15) is 4.79 Å². The second kappa shape index (κ2) is 4.82. The highest BCUT2D eigenvalue weighted by Crippen LogP contribution is 2.44. The number of carbonyl (C=O) groups is 1. The van der Waals surface area contributed by atoms with Crippen molar-refractivity contribution in [2.45, 2.75) is 31.5 Å². The van der Waals surface area contributed by atoms with Crippen LogP contribution < -0.4 is 10.1 Å². The molecule has 0 saturated carbocycles. The molecule has 1 aromatic carbocycles. The molecule has 2 aliphatic heterocycles. The van der Waals surface area contributed by atoms with Gasteiger partial charge in [-0.1, -0.05) is 11.6 Å². The summed E-state index contributed by atoms with van der Waals surface area (Å²) in [7, 11) is 0. The number of hydrogen-bond donors (Lipinski definition) is 2. The molecular weight excluding hydrogens is 280 g/mol. The normalized spacial score (nSPS) is 27.6. The molecule has 108 valence electrons. The maximum atomic E-state index is 12.2. The van der Waals surface area contributed by atoms with Crippen molar-refractivity contribution >= 4 is 17.6 Å². The standard InChI is InChI=1S/C14H17ClN2O3/c1-14-8-11(16-13(19)17(14)5-2-6-18)10-7-9(15)3-4-12(10)20-14/h3-4,7,11,18H,2,5-6,8H2,1H3,(H,16,19). The van der Waals surface area contributed by atoms with Crippen molar-refractivity contribution in [2.24, 2.45) is 0 Å². The number of nitrogens with one attached hydrogen (secondary N) is 1. The monoisotopic (exact) mass is 296 g/mol. The molecule has 2 amide bonds. The molecule has 2 aliphatic rings. The SMILES string of the molecule is CC12CC(NC(=O)N1CCCO)c1cc(Cl)ccc1O2. The fourth-order valence-corrected chi connectivity index (χ4v) is 3.14. The average Bonchev–Trinajstić information content (AvgIpc) is 2.39. The Balaban J connectivity index is 1.96. The molecule has 2 heterocycles. The number of halogens is 1. The Labute approximate surface area is 122 Å². The van der Waals surface area contributed by atoms with E-state index in [0.717, 1.165) is 11.3 Å². The highest BCUT2D eigenvalue weighted by Gasteiger charge is 2.48. The third-order valence-electron chi connectivity index (χ3n) is 3.91. The van der Waals surface area contributed by atoms with Crippen LogP contribution in [0.2, 0.25) is 5.02 Å². The molecule has 0 aromatic heterocycles. The van der Waals surface area contributed by atoms with Crippen LogP contribution in [0.5, 0.6) is 5.75 Å². The number of carbonyl (C=O) groups excluding carboxylic acids is 1. The molecule has 1 saturated heterocycles. The van der Waals surface area contributed by atoms with E-state index >= 15 is 0 Å². The van der Waals surface area contributed by atoms with Crippen LogP contribution in [0.3, 0.4) is 0 Å². The van der Waals surface area contributed by atoms with Crippen LogP contribution in [0.1, 0.15) is 31.4 Å². The molecule has 2 bridgehead atoms. The molecule has 5 nitrogen and oxygen atoms in total. The maximum Gasteiger partial charge on any atom is 0.320 e. The van der Waals surface area contributed by atoms with Gasteiger partial charge in [-0.25, -0.2) is 4.79 Å². The number of aliphatic hydroxyl groups is 1. The van der Waals surface area contributed by atoms with Gasteiger partial charge in [0.05, 0.1) is 6.04 Å². The lowest BCUT2D eigenvalue weighted by molar-refractivity contribution is -0.0849. The summed E-state index contributed by atoms with van der Waals surface area (Å²) in [5, 5.41) is 12.6. The number of fused-ring (bicyclic) bond motifs is 4. The lowest BCUT2D eigenvalue weighted by atomic mass is 9.90. The van der Waals surface area contributed by atoms with Gasteiger partial charge in [0.1, 0.15) is 5.75 Å². The van der Waals surface area contributed by atoms with Crippen LogP contribution in [-0.2, 0) is 0 Å². The van der Waals surface area contributed by atoms with Crippen LogP contribution in [0, 0.1) is 0 Å². The van der Waals surface area contributed by atoms with E-state index in [1.54, 1.807) is 11.0 Å². The molecule has 3 rings (SSSR count). The zero-order valence-electron chi connectivity index (χ0n) is 11.2. The van der Waals surface area contributed by atoms with E-state index in [1.807, 2.05) is 19.1 Å². The van der Waals surface area contributed by atoms with E-state index < -0.39 is 5.72 Å². The number of nitrogens with zero attached hydrogens (tertiary/aromatic N) is 1. The van der Waals surface area contributed by atoms with Crippen LogP contribution in [0.15, 0.2) is 18.2 Å². The predicted octanol–water partition coefficient (Wildman–Crippen LogP) is 2.29. The molecule has 6 heteroatoms. The molecule has 0 spiro atoms. The summed E-state index contributed by atoms with van der Waals surface area (Å²) in [5.41, 5.74) is 0.244. The predicted molar refractivity (Wildman–Crippen MR) is 74.8 cm³/mol. The number of urea groups is 1. The highest BCUT2D eigenvalue weighted by atomic mass is 35.5. The molecule has 2 atom stereocenters. The van der Waals surface area contributed by atoms with Gasteiger partial charge in [-0.3, -0.25) is 4.90 Å². The second-order valence-corrected chi connectivity index (χ2v) is 5.83. The molecule has 1 fully saturated rings. The first-order valence-corrected chi connectivity index (χ1v) is 7.09. The Morgan fingerprint density at radius 1 is 1.60 bits per heavy atom. The van der Waals surface area contributed by atoms with Crippen molar-refractivity contribution in [3.63, 3.8) is 0 Å². The summed E-state index contributed by atoms with van der Waals surface area (Å²) in [4.78, 5) is 13.9. The summed E-state index contributed by atoms with van der Waals surface area (Å²) in [6, 6.07) is 5.21. The molecule has 0 aliphatic carbocycles. The van der Waals surface area contributed by atoms with Gasteiger partial charge >= 0.3 is 6.03 Å². The Morgan fingerprint density at radius 2 is 2.40 bits per heavy atom. The summed E-state index contributed by atoms with van der Waals surface area (Å²) >= 11 is 6.02. The maximum absolute atomic E-state index is 12.2. The number of amides is 2. The fourth-order valence-electron chi connectivity index (χ4n) is 2.95.